The molecular formula is C18H26N4O3. The second kappa shape index (κ2) is 6.78. The van der Waals surface area contributed by atoms with Gasteiger partial charge < -0.3 is 10.4 Å². The first-order valence-electron chi connectivity index (χ1n) is 9.41. The van der Waals surface area contributed by atoms with Crippen LogP contribution in [0.5, 0.6) is 0 Å². The van der Waals surface area contributed by atoms with Crippen LogP contribution < -0.4 is 5.32 Å². The molecule has 1 aliphatic heterocycles. The summed E-state index contributed by atoms with van der Waals surface area (Å²) in [5, 5.41) is 16.6. The van der Waals surface area contributed by atoms with Crippen molar-refractivity contribution in [3.05, 3.63) is 17.5 Å². The maximum Gasteiger partial charge on any atom is 0.317 e. The Kier molecular flexibility index (Phi) is 4.50. The molecule has 1 amide bonds. The molecule has 0 bridgehead atoms. The summed E-state index contributed by atoms with van der Waals surface area (Å²) in [6.07, 6.45) is 8.97. The standard InChI is InChI=1S/C18H26N4O3/c23-17(24)11-21(10-12-4-5-12)14-7-13(8-14)20-18(25)15-9-19-22-6-2-1-3-16(15)22/h9,12-14H,1-8,10-11H2,(H,20,25)(H,23,24). The monoisotopic (exact) mass is 346 g/mol. The Morgan fingerprint density at radius 1 is 1.32 bits per heavy atom. The van der Waals surface area contributed by atoms with Crippen molar-refractivity contribution in [1.82, 2.24) is 20.0 Å². The number of carboxylic acids is 1. The fraction of sp³-hybridized carbons (Fsp3) is 0.722. The molecule has 1 aromatic rings. The number of carbonyl (C=O) groups excluding carboxylic acids is 1. The van der Waals surface area contributed by atoms with Crippen LogP contribution >= 0.6 is 0 Å². The minimum absolute atomic E-state index is 0.0291. The van der Waals surface area contributed by atoms with Crippen LogP contribution in [0.4, 0.5) is 0 Å². The van der Waals surface area contributed by atoms with Gasteiger partial charge in [-0.1, -0.05) is 0 Å². The Labute approximate surface area is 147 Å². The fourth-order valence-electron chi connectivity index (χ4n) is 4.03. The summed E-state index contributed by atoms with van der Waals surface area (Å²) in [6.45, 7) is 1.90. The molecule has 0 aromatic carbocycles. The third-order valence-corrected chi connectivity index (χ3v) is 5.72. The van der Waals surface area contributed by atoms with Crippen molar-refractivity contribution in [3.63, 3.8) is 0 Å². The van der Waals surface area contributed by atoms with E-state index in [0.29, 0.717) is 11.5 Å². The van der Waals surface area contributed by atoms with Gasteiger partial charge in [0.25, 0.3) is 5.91 Å². The van der Waals surface area contributed by atoms with Crippen molar-refractivity contribution in [2.24, 2.45) is 5.92 Å². The molecule has 2 saturated carbocycles. The SMILES string of the molecule is O=C(O)CN(CC1CC1)C1CC(NC(=O)c2cnn3c2CCCC3)C1. The van der Waals surface area contributed by atoms with Crippen LogP contribution in [-0.2, 0) is 17.8 Å². The maximum absolute atomic E-state index is 12.6. The number of aryl methyl sites for hydroxylation is 1. The predicted octanol–water partition coefficient (Wildman–Crippen LogP) is 1.28. The zero-order chi connectivity index (χ0) is 17.4. The van der Waals surface area contributed by atoms with Crippen LogP contribution in [0.2, 0.25) is 0 Å². The zero-order valence-electron chi connectivity index (χ0n) is 14.5. The van der Waals surface area contributed by atoms with Gasteiger partial charge in [0.15, 0.2) is 0 Å². The first-order chi connectivity index (χ1) is 12.1. The lowest BCUT2D eigenvalue weighted by Gasteiger charge is -2.42. The molecule has 0 unspecified atom stereocenters. The zero-order valence-corrected chi connectivity index (χ0v) is 14.5. The Hall–Kier alpha value is -1.89. The summed E-state index contributed by atoms with van der Waals surface area (Å²) in [5.41, 5.74) is 1.77. The molecule has 0 saturated heterocycles. The molecule has 0 spiro atoms. The van der Waals surface area contributed by atoms with Gasteiger partial charge >= 0.3 is 5.97 Å². The first-order valence-corrected chi connectivity index (χ1v) is 9.41. The Balaban J connectivity index is 1.30. The average Bonchev–Trinajstić information content (AvgIpc) is 3.24. The Morgan fingerprint density at radius 3 is 2.84 bits per heavy atom. The van der Waals surface area contributed by atoms with Crippen molar-refractivity contribution in [2.75, 3.05) is 13.1 Å². The quantitative estimate of drug-likeness (QED) is 0.776. The first kappa shape index (κ1) is 16.6. The topological polar surface area (TPSA) is 87.5 Å². The third kappa shape index (κ3) is 3.71. The molecule has 7 heteroatoms. The summed E-state index contributed by atoms with van der Waals surface area (Å²) in [7, 11) is 0. The highest BCUT2D eigenvalue weighted by atomic mass is 16.4. The number of nitrogens with one attached hydrogen (secondary N) is 1. The number of carbonyl (C=O) groups is 2. The average molecular weight is 346 g/mol. The molecule has 136 valence electrons. The van der Waals surface area contributed by atoms with E-state index in [2.05, 4.69) is 15.3 Å². The molecule has 0 radical (unpaired) electrons. The van der Waals surface area contributed by atoms with E-state index < -0.39 is 5.97 Å². The Bertz CT molecular complexity index is 661. The molecule has 1 aromatic heterocycles. The lowest BCUT2D eigenvalue weighted by atomic mass is 9.85. The van der Waals surface area contributed by atoms with Crippen molar-refractivity contribution < 1.29 is 14.7 Å². The number of amides is 1. The van der Waals surface area contributed by atoms with Crippen molar-refractivity contribution in [2.45, 2.75) is 63.6 Å². The van der Waals surface area contributed by atoms with Gasteiger partial charge in [0.2, 0.25) is 0 Å². The number of hydrogen-bond acceptors (Lipinski definition) is 4. The van der Waals surface area contributed by atoms with E-state index in [9.17, 15) is 9.59 Å². The van der Waals surface area contributed by atoms with Crippen molar-refractivity contribution in [1.29, 1.82) is 0 Å². The van der Waals surface area contributed by atoms with Gasteiger partial charge in [-0.3, -0.25) is 19.2 Å². The molecule has 3 aliphatic rings. The number of hydrogen-bond donors (Lipinski definition) is 2. The van der Waals surface area contributed by atoms with E-state index in [1.807, 2.05) is 4.68 Å². The normalized spacial score (nSPS) is 25.3. The predicted molar refractivity (Wildman–Crippen MR) is 91.4 cm³/mol. The van der Waals surface area contributed by atoms with Crippen LogP contribution in [-0.4, -0.2) is 56.8 Å². The van der Waals surface area contributed by atoms with Crippen LogP contribution in [0.25, 0.3) is 0 Å². The number of aromatic nitrogens is 2. The fourth-order valence-corrected chi connectivity index (χ4v) is 4.03. The second-order valence-electron chi connectivity index (χ2n) is 7.75. The molecule has 25 heavy (non-hydrogen) atoms. The number of aliphatic carboxylic acids is 1. The molecule has 7 nitrogen and oxygen atoms in total. The molecular weight excluding hydrogens is 320 g/mol. The molecule has 2 aliphatic carbocycles. The second-order valence-corrected chi connectivity index (χ2v) is 7.75. The van der Waals surface area contributed by atoms with Crippen molar-refractivity contribution >= 4 is 11.9 Å². The summed E-state index contributed by atoms with van der Waals surface area (Å²) < 4.78 is 1.95. The largest absolute Gasteiger partial charge is 0.480 e. The minimum Gasteiger partial charge on any atom is -0.480 e. The van der Waals surface area contributed by atoms with E-state index in [-0.39, 0.29) is 24.5 Å². The van der Waals surface area contributed by atoms with Crippen LogP contribution in [0.15, 0.2) is 6.20 Å². The van der Waals surface area contributed by atoms with Gasteiger partial charge in [-0.2, -0.15) is 5.10 Å². The highest BCUT2D eigenvalue weighted by molar-refractivity contribution is 5.95. The molecule has 2 heterocycles. The van der Waals surface area contributed by atoms with E-state index in [1.54, 1.807) is 6.20 Å². The van der Waals surface area contributed by atoms with Crippen LogP contribution in [0, 0.1) is 5.92 Å². The van der Waals surface area contributed by atoms with Gasteiger partial charge in [0, 0.05) is 25.2 Å². The van der Waals surface area contributed by atoms with Crippen LogP contribution in [0.3, 0.4) is 0 Å². The summed E-state index contributed by atoms with van der Waals surface area (Å²) >= 11 is 0. The van der Waals surface area contributed by atoms with Gasteiger partial charge in [0.1, 0.15) is 0 Å². The summed E-state index contributed by atoms with van der Waals surface area (Å²) in [6, 6.07) is 0.426. The number of fused-ring (bicyclic) bond motifs is 1. The minimum atomic E-state index is -0.764. The van der Waals surface area contributed by atoms with E-state index >= 15 is 0 Å². The van der Waals surface area contributed by atoms with E-state index in [1.165, 1.54) is 12.8 Å². The number of nitrogens with zero attached hydrogens (tertiary/aromatic N) is 3. The lowest BCUT2D eigenvalue weighted by Crippen LogP contribution is -2.55. The van der Waals surface area contributed by atoms with Crippen LogP contribution in [0.1, 0.15) is 54.6 Å². The van der Waals surface area contributed by atoms with Gasteiger partial charge in [-0.15, -0.1) is 0 Å². The lowest BCUT2D eigenvalue weighted by molar-refractivity contribution is -0.139. The van der Waals surface area contributed by atoms with Gasteiger partial charge in [-0.25, -0.2) is 0 Å². The third-order valence-electron chi connectivity index (χ3n) is 5.72. The van der Waals surface area contributed by atoms with E-state index in [0.717, 1.165) is 50.9 Å². The number of rotatable bonds is 7. The smallest absolute Gasteiger partial charge is 0.317 e. The van der Waals surface area contributed by atoms with Gasteiger partial charge in [0.05, 0.1) is 24.0 Å². The number of carboxylic acid groups (broad SMARTS) is 1. The van der Waals surface area contributed by atoms with Crippen molar-refractivity contribution in [3.8, 4) is 0 Å². The highest BCUT2D eigenvalue weighted by Crippen LogP contribution is 2.34. The molecule has 4 rings (SSSR count). The summed E-state index contributed by atoms with van der Waals surface area (Å²) in [5.74, 6) is -0.120. The van der Waals surface area contributed by atoms with E-state index in [4.69, 9.17) is 5.11 Å². The molecule has 2 N–H and O–H groups in total. The Morgan fingerprint density at radius 2 is 2.12 bits per heavy atom. The molecule has 0 atom stereocenters. The maximum atomic E-state index is 12.6. The van der Waals surface area contributed by atoms with Gasteiger partial charge in [-0.05, 0) is 50.9 Å². The highest BCUT2D eigenvalue weighted by Gasteiger charge is 2.38. The summed E-state index contributed by atoms with van der Waals surface area (Å²) in [4.78, 5) is 25.7. The molecule has 2 fully saturated rings.